The van der Waals surface area contributed by atoms with Crippen LogP contribution in [0.15, 0.2) is 0 Å². The lowest BCUT2D eigenvalue weighted by Crippen LogP contribution is -2.26. The molecule has 0 heterocycles. The highest BCUT2D eigenvalue weighted by atomic mass is 14.4. The molecule has 0 aromatic heterocycles. The first-order chi connectivity index (χ1) is 6.54. The molecule has 1 nitrogen and oxygen atoms in total. The van der Waals surface area contributed by atoms with Crippen molar-refractivity contribution in [1.29, 1.82) is 5.26 Å². The molecule has 0 aromatic rings. The second-order valence-electron chi connectivity index (χ2n) is 5.79. The number of nitrogens with zero attached hydrogens (tertiary/aromatic N) is 1. The minimum Gasteiger partial charge on any atom is -0.198 e. The molecule has 0 saturated heterocycles. The van der Waals surface area contributed by atoms with Gasteiger partial charge in [0.25, 0.3) is 0 Å². The maximum Gasteiger partial charge on any atom is 0.0621 e. The Balaban J connectivity index is 2.40. The quantitative estimate of drug-likeness (QED) is 0.646. The summed E-state index contributed by atoms with van der Waals surface area (Å²) in [5.74, 6) is 1.70. The van der Waals surface area contributed by atoms with Gasteiger partial charge in [-0.15, -0.1) is 0 Å². The van der Waals surface area contributed by atoms with Gasteiger partial charge in [-0.25, -0.2) is 0 Å². The third-order valence-corrected chi connectivity index (χ3v) is 3.67. The van der Waals surface area contributed by atoms with Crippen LogP contribution in [0.5, 0.6) is 0 Å². The van der Waals surface area contributed by atoms with Crippen molar-refractivity contribution in [3.05, 3.63) is 0 Å². The topological polar surface area (TPSA) is 23.8 Å². The fourth-order valence-electron chi connectivity index (χ4n) is 2.61. The summed E-state index contributed by atoms with van der Waals surface area (Å²) in [6, 6.07) is 2.27. The maximum absolute atomic E-state index is 8.57. The largest absolute Gasteiger partial charge is 0.198 e. The Kier molecular flexibility index (Phi) is 3.98. The van der Waals surface area contributed by atoms with Gasteiger partial charge in [0.15, 0.2) is 0 Å². The SMILES string of the molecule is CC(C)(C)[C@@H]1CCC[C@@H](CCC#N)C1. The van der Waals surface area contributed by atoms with Crippen LogP contribution in [-0.4, -0.2) is 0 Å². The fraction of sp³-hybridized carbons (Fsp3) is 0.923. The minimum absolute atomic E-state index is 0.464. The molecular weight excluding hydrogens is 170 g/mol. The Bertz CT molecular complexity index is 206. The van der Waals surface area contributed by atoms with E-state index in [1.54, 1.807) is 0 Å². The van der Waals surface area contributed by atoms with Gasteiger partial charge in [-0.05, 0) is 36.5 Å². The van der Waals surface area contributed by atoms with Gasteiger partial charge in [0.2, 0.25) is 0 Å². The Morgan fingerprint density at radius 3 is 2.57 bits per heavy atom. The van der Waals surface area contributed by atoms with Crippen LogP contribution in [0.4, 0.5) is 0 Å². The van der Waals surface area contributed by atoms with Crippen LogP contribution in [0.1, 0.15) is 59.3 Å². The summed E-state index contributed by atoms with van der Waals surface area (Å²) in [6.45, 7) is 7.05. The molecule has 14 heavy (non-hydrogen) atoms. The van der Waals surface area contributed by atoms with Gasteiger partial charge in [-0.1, -0.05) is 33.6 Å². The Hall–Kier alpha value is -0.510. The number of rotatable bonds is 2. The molecule has 1 saturated carbocycles. The number of hydrogen-bond acceptors (Lipinski definition) is 1. The standard InChI is InChI=1S/C13H23N/c1-13(2,3)12-8-4-6-11(10-12)7-5-9-14/h11-12H,4-8,10H2,1-3H3/t11-,12+/m0/s1. The van der Waals surface area contributed by atoms with Gasteiger partial charge in [0.05, 0.1) is 6.07 Å². The van der Waals surface area contributed by atoms with E-state index in [4.69, 9.17) is 5.26 Å². The summed E-state index contributed by atoms with van der Waals surface area (Å²) in [4.78, 5) is 0. The van der Waals surface area contributed by atoms with Crippen LogP contribution >= 0.6 is 0 Å². The first-order valence-corrected chi connectivity index (χ1v) is 5.91. The maximum atomic E-state index is 8.57. The van der Waals surface area contributed by atoms with Crippen LogP contribution in [-0.2, 0) is 0 Å². The minimum atomic E-state index is 0.464. The predicted molar refractivity (Wildman–Crippen MR) is 59.8 cm³/mol. The zero-order valence-electron chi connectivity index (χ0n) is 9.84. The summed E-state index contributed by atoms with van der Waals surface area (Å²) in [5.41, 5.74) is 0.464. The van der Waals surface area contributed by atoms with E-state index in [1.165, 1.54) is 25.7 Å². The van der Waals surface area contributed by atoms with E-state index >= 15 is 0 Å². The lowest BCUT2D eigenvalue weighted by molar-refractivity contribution is 0.138. The molecule has 0 aliphatic heterocycles. The fourth-order valence-corrected chi connectivity index (χ4v) is 2.61. The number of hydrogen-bond donors (Lipinski definition) is 0. The van der Waals surface area contributed by atoms with Crippen molar-refractivity contribution >= 4 is 0 Å². The van der Waals surface area contributed by atoms with Crippen LogP contribution in [0.2, 0.25) is 0 Å². The molecule has 0 unspecified atom stereocenters. The van der Waals surface area contributed by atoms with Crippen molar-refractivity contribution in [3.8, 4) is 6.07 Å². The van der Waals surface area contributed by atoms with E-state index in [0.717, 1.165) is 24.7 Å². The summed E-state index contributed by atoms with van der Waals surface area (Å²) in [5, 5.41) is 8.57. The van der Waals surface area contributed by atoms with E-state index in [9.17, 15) is 0 Å². The first kappa shape index (κ1) is 11.6. The highest BCUT2D eigenvalue weighted by Crippen LogP contribution is 2.41. The molecule has 1 rings (SSSR count). The molecule has 0 bridgehead atoms. The molecular formula is C13H23N. The van der Waals surface area contributed by atoms with E-state index in [2.05, 4.69) is 26.8 Å². The average molecular weight is 193 g/mol. The molecule has 0 spiro atoms. The molecule has 0 N–H and O–H groups in total. The lowest BCUT2D eigenvalue weighted by atomic mass is 9.68. The molecule has 80 valence electrons. The highest BCUT2D eigenvalue weighted by Gasteiger charge is 2.30. The highest BCUT2D eigenvalue weighted by molar-refractivity contribution is 4.82. The molecule has 0 aromatic carbocycles. The van der Waals surface area contributed by atoms with Crippen LogP contribution in [0.3, 0.4) is 0 Å². The smallest absolute Gasteiger partial charge is 0.0621 e. The molecule has 1 aliphatic carbocycles. The second-order valence-corrected chi connectivity index (χ2v) is 5.79. The van der Waals surface area contributed by atoms with Crippen LogP contribution in [0, 0.1) is 28.6 Å². The third kappa shape index (κ3) is 3.33. The molecule has 1 aliphatic rings. The van der Waals surface area contributed by atoms with Crippen molar-refractivity contribution in [3.63, 3.8) is 0 Å². The monoisotopic (exact) mass is 193 g/mol. The predicted octanol–water partition coefficient (Wildman–Crippen LogP) is 4.14. The van der Waals surface area contributed by atoms with Gasteiger partial charge >= 0.3 is 0 Å². The Labute approximate surface area is 88.5 Å². The molecule has 1 heteroatoms. The molecule has 1 fully saturated rings. The second kappa shape index (κ2) is 4.82. The molecule has 0 radical (unpaired) electrons. The molecule has 2 atom stereocenters. The van der Waals surface area contributed by atoms with Crippen molar-refractivity contribution in [2.24, 2.45) is 17.3 Å². The Morgan fingerprint density at radius 2 is 2.00 bits per heavy atom. The zero-order valence-corrected chi connectivity index (χ0v) is 9.84. The van der Waals surface area contributed by atoms with Gasteiger partial charge in [0.1, 0.15) is 0 Å². The van der Waals surface area contributed by atoms with E-state index < -0.39 is 0 Å². The zero-order chi connectivity index (χ0) is 10.6. The van der Waals surface area contributed by atoms with Crippen LogP contribution < -0.4 is 0 Å². The number of nitriles is 1. The van der Waals surface area contributed by atoms with Gasteiger partial charge in [0, 0.05) is 6.42 Å². The summed E-state index contributed by atoms with van der Waals surface area (Å²) in [7, 11) is 0. The average Bonchev–Trinajstić information content (AvgIpc) is 2.14. The van der Waals surface area contributed by atoms with E-state index in [-0.39, 0.29) is 0 Å². The summed E-state index contributed by atoms with van der Waals surface area (Å²) in [6.07, 6.45) is 7.36. The van der Waals surface area contributed by atoms with E-state index in [1.807, 2.05) is 0 Å². The van der Waals surface area contributed by atoms with Crippen molar-refractivity contribution in [2.45, 2.75) is 59.3 Å². The van der Waals surface area contributed by atoms with Gasteiger partial charge in [-0.3, -0.25) is 0 Å². The van der Waals surface area contributed by atoms with E-state index in [0.29, 0.717) is 5.41 Å². The van der Waals surface area contributed by atoms with Crippen molar-refractivity contribution in [1.82, 2.24) is 0 Å². The Morgan fingerprint density at radius 1 is 1.29 bits per heavy atom. The van der Waals surface area contributed by atoms with Gasteiger partial charge < -0.3 is 0 Å². The first-order valence-electron chi connectivity index (χ1n) is 5.91. The lowest BCUT2D eigenvalue weighted by Gasteiger charge is -2.37. The normalized spacial score (nSPS) is 28.4. The summed E-state index contributed by atoms with van der Waals surface area (Å²) >= 11 is 0. The summed E-state index contributed by atoms with van der Waals surface area (Å²) < 4.78 is 0. The van der Waals surface area contributed by atoms with Crippen molar-refractivity contribution in [2.75, 3.05) is 0 Å². The third-order valence-electron chi connectivity index (χ3n) is 3.67. The van der Waals surface area contributed by atoms with Crippen LogP contribution in [0.25, 0.3) is 0 Å². The molecule has 0 amide bonds. The van der Waals surface area contributed by atoms with Crippen molar-refractivity contribution < 1.29 is 0 Å². The van der Waals surface area contributed by atoms with Gasteiger partial charge in [-0.2, -0.15) is 5.26 Å².